The topological polar surface area (TPSA) is 45.8 Å². The van der Waals surface area contributed by atoms with Gasteiger partial charge in [0.05, 0.1) is 15.6 Å². The summed E-state index contributed by atoms with van der Waals surface area (Å²) in [4.78, 5) is 19.8. The van der Waals surface area contributed by atoms with Gasteiger partial charge in [0.1, 0.15) is 11.5 Å². The van der Waals surface area contributed by atoms with Crippen molar-refractivity contribution in [2.45, 2.75) is 13.8 Å². The second kappa shape index (κ2) is 8.84. The Kier molecular flexibility index (Phi) is 6.18. The molecule has 1 saturated heterocycles. The lowest BCUT2D eigenvalue weighted by Gasteiger charge is -2.11. The Labute approximate surface area is 192 Å². The molecule has 7 heteroatoms. The molecular weight excluding hydrogens is 484 g/mol. The van der Waals surface area contributed by atoms with Crippen LogP contribution in [-0.4, -0.2) is 22.5 Å². The molecule has 0 saturated carbocycles. The van der Waals surface area contributed by atoms with E-state index in [1.807, 2.05) is 68.4 Å². The minimum atomic E-state index is -0.0689. The van der Waals surface area contributed by atoms with Crippen LogP contribution in [0.1, 0.15) is 18.2 Å². The minimum absolute atomic E-state index is 0.0689. The predicted molar refractivity (Wildman–Crippen MR) is 128 cm³/mol. The molecule has 1 aliphatic heterocycles. The third-order valence-corrected chi connectivity index (χ3v) is 6.79. The average Bonchev–Trinajstić information content (AvgIpc) is 3.31. The molecule has 1 aromatic heterocycles. The smallest absolute Gasteiger partial charge is 0.266 e. The molecular formula is C23H18BrClN2O2S. The number of hydrogen-bond acceptors (Lipinski definition) is 4. The molecule has 0 N–H and O–H groups in total. The van der Waals surface area contributed by atoms with Gasteiger partial charge in [0, 0.05) is 22.7 Å². The monoisotopic (exact) mass is 500 g/mol. The van der Waals surface area contributed by atoms with Crippen LogP contribution in [0.3, 0.4) is 0 Å². The van der Waals surface area contributed by atoms with Crippen molar-refractivity contribution in [1.82, 2.24) is 4.90 Å². The molecule has 4 rings (SSSR count). The highest BCUT2D eigenvalue weighted by Gasteiger charge is 2.32. The van der Waals surface area contributed by atoms with E-state index in [4.69, 9.17) is 16.0 Å². The maximum Gasteiger partial charge on any atom is 0.266 e. The van der Waals surface area contributed by atoms with Gasteiger partial charge in [-0.15, -0.1) is 0 Å². The third-order valence-electron chi connectivity index (χ3n) is 4.57. The second-order valence-electron chi connectivity index (χ2n) is 6.72. The van der Waals surface area contributed by atoms with E-state index in [1.165, 1.54) is 17.3 Å². The molecule has 3 aromatic rings. The summed E-state index contributed by atoms with van der Waals surface area (Å²) in [5.74, 6) is 1.25. The number of amidine groups is 1. The first kappa shape index (κ1) is 21.0. The molecule has 152 valence electrons. The van der Waals surface area contributed by atoms with E-state index in [2.05, 4.69) is 20.9 Å². The molecule has 0 bridgehead atoms. The molecule has 0 aliphatic carbocycles. The number of hydrogen-bond donors (Lipinski definition) is 0. The summed E-state index contributed by atoms with van der Waals surface area (Å²) in [6, 6.07) is 17.3. The van der Waals surface area contributed by atoms with Crippen LogP contribution in [0.15, 0.2) is 73.4 Å². The second-order valence-corrected chi connectivity index (χ2v) is 8.99. The first-order valence-corrected chi connectivity index (χ1v) is 11.4. The van der Waals surface area contributed by atoms with Gasteiger partial charge in [0.25, 0.3) is 5.91 Å². The number of carbonyl (C=O) groups is 1. The Morgan fingerprint density at radius 2 is 1.93 bits per heavy atom. The van der Waals surface area contributed by atoms with E-state index in [9.17, 15) is 4.79 Å². The van der Waals surface area contributed by atoms with Crippen LogP contribution in [-0.2, 0) is 4.79 Å². The Hall–Kier alpha value is -2.28. The molecule has 30 heavy (non-hydrogen) atoms. The molecule has 0 atom stereocenters. The lowest BCUT2D eigenvalue weighted by molar-refractivity contribution is -0.122. The van der Waals surface area contributed by atoms with Gasteiger partial charge < -0.3 is 4.42 Å². The van der Waals surface area contributed by atoms with Crippen molar-refractivity contribution in [3.8, 4) is 11.3 Å². The molecule has 1 aliphatic rings. The third kappa shape index (κ3) is 4.41. The largest absolute Gasteiger partial charge is 0.457 e. The zero-order chi connectivity index (χ0) is 21.3. The Bertz CT molecular complexity index is 1170. The van der Waals surface area contributed by atoms with Crippen molar-refractivity contribution >= 4 is 62.1 Å². The van der Waals surface area contributed by atoms with Crippen LogP contribution in [0.5, 0.6) is 0 Å². The predicted octanol–water partition coefficient (Wildman–Crippen LogP) is 7.29. The summed E-state index contributed by atoms with van der Waals surface area (Å²) in [7, 11) is 0. The summed E-state index contributed by atoms with van der Waals surface area (Å²) < 4.78 is 6.75. The summed E-state index contributed by atoms with van der Waals surface area (Å²) in [5.41, 5.74) is 2.89. The fraction of sp³-hybridized carbons (Fsp3) is 0.130. The number of amides is 1. The number of halogens is 2. The van der Waals surface area contributed by atoms with E-state index in [1.54, 1.807) is 11.0 Å². The Morgan fingerprint density at radius 1 is 1.17 bits per heavy atom. The standard InChI is InChI=1S/C23H18BrClN2O2S/c1-3-27-22(28)21(30-23(27)26-16-7-4-14(2)5-8-16)13-17-9-11-20(29-17)15-6-10-19(25)18(24)12-15/h4-13H,3H2,1-2H3/b21-13+,26-23?. The van der Waals surface area contributed by atoms with Crippen LogP contribution in [0, 0.1) is 6.92 Å². The number of aryl methyl sites for hydroxylation is 1. The normalized spacial score (nSPS) is 16.8. The first-order chi connectivity index (χ1) is 14.4. The molecule has 0 unspecified atom stereocenters. The van der Waals surface area contributed by atoms with E-state index < -0.39 is 0 Å². The average molecular weight is 502 g/mol. The van der Waals surface area contributed by atoms with Crippen molar-refractivity contribution in [1.29, 1.82) is 0 Å². The Balaban J connectivity index is 1.61. The number of thioether (sulfide) groups is 1. The lowest BCUT2D eigenvalue weighted by atomic mass is 10.2. The van der Waals surface area contributed by atoms with Gasteiger partial charge in [-0.05, 0) is 84.0 Å². The highest BCUT2D eigenvalue weighted by atomic mass is 79.9. The summed E-state index contributed by atoms with van der Waals surface area (Å²) in [5, 5.41) is 1.31. The van der Waals surface area contributed by atoms with Gasteiger partial charge in [-0.25, -0.2) is 4.99 Å². The van der Waals surface area contributed by atoms with Gasteiger partial charge in [0.2, 0.25) is 0 Å². The summed E-state index contributed by atoms with van der Waals surface area (Å²) in [6.07, 6.45) is 1.77. The highest BCUT2D eigenvalue weighted by Crippen LogP contribution is 2.35. The van der Waals surface area contributed by atoms with Crippen molar-refractivity contribution < 1.29 is 9.21 Å². The van der Waals surface area contributed by atoms with Gasteiger partial charge in [0.15, 0.2) is 5.17 Å². The number of nitrogens with zero attached hydrogens (tertiary/aromatic N) is 2. The maximum atomic E-state index is 12.8. The maximum absolute atomic E-state index is 12.8. The van der Waals surface area contributed by atoms with Gasteiger partial charge in [-0.2, -0.15) is 0 Å². The highest BCUT2D eigenvalue weighted by molar-refractivity contribution is 9.10. The van der Waals surface area contributed by atoms with Crippen molar-refractivity contribution in [2.75, 3.05) is 6.54 Å². The molecule has 0 radical (unpaired) electrons. The van der Waals surface area contributed by atoms with Crippen LogP contribution in [0.4, 0.5) is 5.69 Å². The molecule has 1 fully saturated rings. The zero-order valence-electron chi connectivity index (χ0n) is 16.4. The van der Waals surface area contributed by atoms with Gasteiger partial charge >= 0.3 is 0 Å². The fourth-order valence-electron chi connectivity index (χ4n) is 2.96. The first-order valence-electron chi connectivity index (χ1n) is 9.36. The minimum Gasteiger partial charge on any atom is -0.457 e. The number of likely N-dealkylation sites (N-methyl/N-ethyl adjacent to an activating group) is 1. The van der Waals surface area contributed by atoms with E-state index in [0.29, 0.717) is 33.2 Å². The Morgan fingerprint density at radius 3 is 2.63 bits per heavy atom. The van der Waals surface area contributed by atoms with Crippen molar-refractivity contribution in [3.05, 3.63) is 80.3 Å². The van der Waals surface area contributed by atoms with Gasteiger partial charge in [-0.1, -0.05) is 29.3 Å². The van der Waals surface area contributed by atoms with Crippen molar-refractivity contribution in [2.24, 2.45) is 4.99 Å². The van der Waals surface area contributed by atoms with Crippen LogP contribution >= 0.6 is 39.3 Å². The molecule has 4 nitrogen and oxygen atoms in total. The van der Waals surface area contributed by atoms with Crippen molar-refractivity contribution in [3.63, 3.8) is 0 Å². The summed E-state index contributed by atoms with van der Waals surface area (Å²) in [6.45, 7) is 4.52. The fourth-order valence-corrected chi connectivity index (χ4v) is 4.50. The number of carbonyl (C=O) groups excluding carboxylic acids is 1. The number of furan rings is 1. The molecule has 1 amide bonds. The van der Waals surface area contributed by atoms with E-state index in [-0.39, 0.29) is 5.91 Å². The van der Waals surface area contributed by atoms with Crippen LogP contribution in [0.25, 0.3) is 17.4 Å². The lowest BCUT2D eigenvalue weighted by Crippen LogP contribution is -2.28. The van der Waals surface area contributed by atoms with Crippen LogP contribution < -0.4 is 0 Å². The summed E-state index contributed by atoms with van der Waals surface area (Å²) >= 11 is 10.9. The van der Waals surface area contributed by atoms with Crippen LogP contribution in [0.2, 0.25) is 5.02 Å². The number of benzene rings is 2. The zero-order valence-corrected chi connectivity index (χ0v) is 19.5. The quantitative estimate of drug-likeness (QED) is 0.352. The van der Waals surface area contributed by atoms with Gasteiger partial charge in [-0.3, -0.25) is 9.69 Å². The number of aliphatic imine (C=N–C) groups is 1. The molecule has 2 aromatic carbocycles. The molecule has 0 spiro atoms. The van der Waals surface area contributed by atoms with E-state index in [0.717, 1.165) is 15.7 Å². The van der Waals surface area contributed by atoms with E-state index >= 15 is 0 Å². The molecule has 2 heterocycles. The SMILES string of the molecule is CCN1C(=O)/C(=C\c2ccc(-c3ccc(Cl)c(Br)c3)o2)SC1=Nc1ccc(C)cc1. The number of rotatable bonds is 4.